The van der Waals surface area contributed by atoms with Crippen LogP contribution in [0.25, 0.3) is 0 Å². The third-order valence-corrected chi connectivity index (χ3v) is 6.13. The average molecular weight is 482 g/mol. The number of methoxy groups -OCH3 is 1. The predicted molar refractivity (Wildman–Crippen MR) is 117 cm³/mol. The van der Waals surface area contributed by atoms with E-state index in [1.54, 1.807) is 7.11 Å². The van der Waals surface area contributed by atoms with Gasteiger partial charge in [-0.25, -0.2) is 0 Å². The van der Waals surface area contributed by atoms with Crippen LogP contribution in [-0.4, -0.2) is 43.2 Å². The van der Waals surface area contributed by atoms with Crippen LogP contribution >= 0.6 is 27.7 Å². The minimum atomic E-state index is -0.855. The van der Waals surface area contributed by atoms with E-state index in [0.29, 0.717) is 30.5 Å². The summed E-state index contributed by atoms with van der Waals surface area (Å²) >= 11 is 5.03. The number of benzene rings is 2. The lowest BCUT2D eigenvalue weighted by Crippen LogP contribution is -2.33. The first-order chi connectivity index (χ1) is 13.9. The van der Waals surface area contributed by atoms with Crippen LogP contribution in [0.2, 0.25) is 0 Å². The highest BCUT2D eigenvalue weighted by molar-refractivity contribution is 9.10. The molecule has 2 aromatic rings. The van der Waals surface area contributed by atoms with Gasteiger partial charge in [-0.1, -0.05) is 22.0 Å². The molecule has 0 bridgehead atoms. The first kappa shape index (κ1) is 21.8. The SMILES string of the molecule is COc1cc(Br)cc(C2NC(C(=O)O)CS2)c1OCCOc1cc(C)cc(C)c1. The van der Waals surface area contributed by atoms with E-state index in [0.717, 1.165) is 26.9 Å². The third-order valence-electron chi connectivity index (χ3n) is 4.42. The minimum Gasteiger partial charge on any atom is -0.493 e. The van der Waals surface area contributed by atoms with E-state index < -0.39 is 12.0 Å². The van der Waals surface area contributed by atoms with E-state index in [1.165, 1.54) is 11.8 Å². The Hall–Kier alpha value is -1.90. The number of aliphatic carboxylic acids is 1. The Bertz CT molecular complexity index is 871. The summed E-state index contributed by atoms with van der Waals surface area (Å²) in [7, 11) is 1.58. The van der Waals surface area contributed by atoms with Gasteiger partial charge in [0.15, 0.2) is 11.5 Å². The van der Waals surface area contributed by atoms with Gasteiger partial charge >= 0.3 is 5.97 Å². The molecule has 0 aliphatic carbocycles. The quantitative estimate of drug-likeness (QED) is 0.543. The van der Waals surface area contributed by atoms with Crippen molar-refractivity contribution in [1.82, 2.24) is 5.32 Å². The Kier molecular flexibility index (Phi) is 7.32. The Morgan fingerprint density at radius 2 is 1.86 bits per heavy atom. The Morgan fingerprint density at radius 1 is 1.17 bits per heavy atom. The van der Waals surface area contributed by atoms with Gasteiger partial charge in [0.05, 0.1) is 12.5 Å². The highest BCUT2D eigenvalue weighted by atomic mass is 79.9. The van der Waals surface area contributed by atoms with Gasteiger partial charge in [0.2, 0.25) is 0 Å². The molecule has 1 saturated heterocycles. The second-order valence-corrected chi connectivity index (χ2v) is 8.87. The number of nitrogens with one attached hydrogen (secondary N) is 1. The fourth-order valence-corrected chi connectivity index (χ4v) is 4.90. The molecule has 1 heterocycles. The third kappa shape index (κ3) is 5.58. The summed E-state index contributed by atoms with van der Waals surface area (Å²) in [4.78, 5) is 11.3. The molecular weight excluding hydrogens is 458 g/mol. The Labute approximate surface area is 183 Å². The smallest absolute Gasteiger partial charge is 0.321 e. The zero-order chi connectivity index (χ0) is 21.0. The first-order valence-corrected chi connectivity index (χ1v) is 11.0. The summed E-state index contributed by atoms with van der Waals surface area (Å²) in [6.07, 6.45) is 0. The van der Waals surface area contributed by atoms with Crippen LogP contribution in [0.15, 0.2) is 34.8 Å². The van der Waals surface area contributed by atoms with Crippen LogP contribution in [0.5, 0.6) is 17.2 Å². The van der Waals surface area contributed by atoms with Crippen LogP contribution in [-0.2, 0) is 4.79 Å². The predicted octanol–water partition coefficient (Wildman–Crippen LogP) is 4.32. The molecule has 0 radical (unpaired) electrons. The molecule has 0 spiro atoms. The number of hydrogen-bond donors (Lipinski definition) is 2. The van der Waals surface area contributed by atoms with Crippen molar-refractivity contribution in [2.75, 3.05) is 26.1 Å². The van der Waals surface area contributed by atoms with Crippen LogP contribution in [0.4, 0.5) is 0 Å². The molecule has 1 aliphatic rings. The van der Waals surface area contributed by atoms with Crippen LogP contribution in [0, 0.1) is 13.8 Å². The van der Waals surface area contributed by atoms with Gasteiger partial charge < -0.3 is 19.3 Å². The van der Waals surface area contributed by atoms with E-state index >= 15 is 0 Å². The molecule has 2 atom stereocenters. The largest absolute Gasteiger partial charge is 0.493 e. The van der Waals surface area contributed by atoms with Gasteiger partial charge in [-0.3, -0.25) is 10.1 Å². The fraction of sp³-hybridized carbons (Fsp3) is 0.381. The minimum absolute atomic E-state index is 0.196. The highest BCUT2D eigenvalue weighted by Crippen LogP contribution is 2.44. The van der Waals surface area contributed by atoms with Crippen molar-refractivity contribution in [3.63, 3.8) is 0 Å². The van der Waals surface area contributed by atoms with Crippen molar-refractivity contribution in [3.05, 3.63) is 51.5 Å². The lowest BCUT2D eigenvalue weighted by Gasteiger charge is -2.20. The summed E-state index contributed by atoms with van der Waals surface area (Å²) in [5.74, 6) is 1.62. The van der Waals surface area contributed by atoms with E-state index in [2.05, 4.69) is 27.3 Å². The number of hydrogen-bond acceptors (Lipinski definition) is 6. The van der Waals surface area contributed by atoms with Crippen molar-refractivity contribution < 1.29 is 24.1 Å². The van der Waals surface area contributed by atoms with E-state index in [-0.39, 0.29) is 5.37 Å². The molecule has 8 heteroatoms. The standard InChI is InChI=1S/C21H24BrNO5S/c1-12-6-13(2)8-15(7-12)27-4-5-28-19-16(9-14(22)10-18(19)26-3)20-23-17(11-29-20)21(24)25/h6-10,17,20,23H,4-5,11H2,1-3H3,(H,24,25). The number of halogens is 1. The molecule has 6 nitrogen and oxygen atoms in total. The molecule has 2 N–H and O–H groups in total. The normalized spacial score (nSPS) is 18.5. The maximum atomic E-state index is 11.3. The van der Waals surface area contributed by atoms with Gasteiger partial charge in [0, 0.05) is 15.8 Å². The van der Waals surface area contributed by atoms with Crippen LogP contribution in [0.1, 0.15) is 22.1 Å². The van der Waals surface area contributed by atoms with E-state index in [9.17, 15) is 9.90 Å². The molecule has 2 unspecified atom stereocenters. The van der Waals surface area contributed by atoms with Gasteiger partial charge in [-0.15, -0.1) is 11.8 Å². The van der Waals surface area contributed by atoms with Gasteiger partial charge in [-0.2, -0.15) is 0 Å². The molecule has 1 aliphatic heterocycles. The van der Waals surface area contributed by atoms with Crippen LogP contribution < -0.4 is 19.5 Å². The monoisotopic (exact) mass is 481 g/mol. The van der Waals surface area contributed by atoms with Crippen molar-refractivity contribution >= 4 is 33.7 Å². The van der Waals surface area contributed by atoms with Crippen molar-refractivity contribution in [1.29, 1.82) is 0 Å². The maximum Gasteiger partial charge on any atom is 0.321 e. The summed E-state index contributed by atoms with van der Waals surface area (Å²) in [6.45, 7) is 4.78. The van der Waals surface area contributed by atoms with Gasteiger partial charge in [0.1, 0.15) is 25.0 Å². The highest BCUT2D eigenvalue weighted by Gasteiger charge is 2.33. The van der Waals surface area contributed by atoms with Crippen molar-refractivity contribution in [2.24, 2.45) is 0 Å². The zero-order valence-corrected chi connectivity index (χ0v) is 18.9. The molecule has 0 aromatic heterocycles. The number of carboxylic acids is 1. The summed E-state index contributed by atoms with van der Waals surface area (Å²) in [5.41, 5.74) is 3.14. The zero-order valence-electron chi connectivity index (χ0n) is 16.5. The topological polar surface area (TPSA) is 77.0 Å². The molecule has 1 fully saturated rings. The second kappa shape index (κ2) is 9.73. The summed E-state index contributed by atoms with van der Waals surface area (Å²) < 4.78 is 18.2. The number of ether oxygens (including phenoxy) is 3. The van der Waals surface area contributed by atoms with Gasteiger partial charge in [0.25, 0.3) is 0 Å². The maximum absolute atomic E-state index is 11.3. The number of carbonyl (C=O) groups is 1. The Morgan fingerprint density at radius 3 is 2.48 bits per heavy atom. The van der Waals surface area contributed by atoms with E-state index in [4.69, 9.17) is 14.2 Å². The number of rotatable bonds is 8. The lowest BCUT2D eigenvalue weighted by atomic mass is 10.1. The second-order valence-electron chi connectivity index (χ2n) is 6.82. The average Bonchev–Trinajstić information content (AvgIpc) is 3.15. The summed E-state index contributed by atoms with van der Waals surface area (Å²) in [5, 5.41) is 12.2. The Balaban J connectivity index is 1.71. The van der Waals surface area contributed by atoms with Crippen molar-refractivity contribution in [3.8, 4) is 17.2 Å². The van der Waals surface area contributed by atoms with Crippen molar-refractivity contribution in [2.45, 2.75) is 25.3 Å². The molecule has 0 amide bonds. The van der Waals surface area contributed by atoms with Gasteiger partial charge in [-0.05, 0) is 49.2 Å². The fourth-order valence-electron chi connectivity index (χ4n) is 3.20. The van der Waals surface area contributed by atoms with Crippen LogP contribution in [0.3, 0.4) is 0 Å². The lowest BCUT2D eigenvalue weighted by molar-refractivity contribution is -0.138. The first-order valence-electron chi connectivity index (χ1n) is 9.19. The molecule has 29 heavy (non-hydrogen) atoms. The molecule has 2 aromatic carbocycles. The molecular formula is C21H24BrNO5S. The number of thioether (sulfide) groups is 1. The molecule has 156 valence electrons. The summed E-state index contributed by atoms with van der Waals surface area (Å²) in [6, 6.07) is 9.25. The number of aryl methyl sites for hydroxylation is 2. The molecule has 0 saturated carbocycles. The molecule has 3 rings (SSSR count). The number of carboxylic acid groups (broad SMARTS) is 1. The van der Waals surface area contributed by atoms with E-state index in [1.807, 2.05) is 38.1 Å².